The Morgan fingerprint density at radius 2 is 1.86 bits per heavy atom. The third-order valence-corrected chi connectivity index (χ3v) is 7.15. The van der Waals surface area contributed by atoms with Crippen LogP contribution in [0, 0.1) is 6.92 Å². The Morgan fingerprint density at radius 1 is 1.04 bits per heavy atom. The molecule has 0 bridgehead atoms. The number of aromatic nitrogens is 1. The first-order valence-electron chi connectivity index (χ1n) is 8.97. The van der Waals surface area contributed by atoms with Crippen LogP contribution in [0.1, 0.15) is 16.7 Å². The molecule has 0 spiro atoms. The van der Waals surface area contributed by atoms with Crippen molar-refractivity contribution in [1.29, 1.82) is 0 Å². The average Bonchev–Trinajstić information content (AvgIpc) is 3.15. The van der Waals surface area contributed by atoms with Crippen LogP contribution < -0.4 is 15.0 Å². The Labute approximate surface area is 161 Å². The Kier molecular flexibility index (Phi) is 3.75. The highest BCUT2D eigenvalue weighted by Gasteiger charge is 2.30. The number of aromatic amines is 1. The number of aryl methyl sites for hydroxylation is 1. The Hall–Kier alpha value is -2.84. The van der Waals surface area contributed by atoms with Crippen molar-refractivity contribution in [3.8, 4) is 11.5 Å². The summed E-state index contributed by atoms with van der Waals surface area (Å²) in [6.07, 6.45) is 0.618. The SMILES string of the molecule is Cc1cc2cc3c(cc2[nH]c1=O)CN(S(=O)(=O)c1ccc2c(c1)OCO2)CC3. The van der Waals surface area contributed by atoms with Crippen molar-refractivity contribution in [2.75, 3.05) is 13.3 Å². The maximum absolute atomic E-state index is 13.1. The molecule has 3 aromatic rings. The lowest BCUT2D eigenvalue weighted by atomic mass is 9.98. The van der Waals surface area contributed by atoms with E-state index in [1.54, 1.807) is 19.1 Å². The minimum absolute atomic E-state index is 0.0979. The van der Waals surface area contributed by atoms with Gasteiger partial charge in [0.25, 0.3) is 5.56 Å². The molecule has 0 amide bonds. The van der Waals surface area contributed by atoms with E-state index in [0.717, 1.165) is 22.0 Å². The minimum Gasteiger partial charge on any atom is -0.454 e. The molecular weight excluding hydrogens is 380 g/mol. The molecule has 0 radical (unpaired) electrons. The van der Waals surface area contributed by atoms with Crippen LogP contribution in [0.15, 0.2) is 46.1 Å². The molecule has 1 N–H and O–H groups in total. The van der Waals surface area contributed by atoms with E-state index < -0.39 is 10.0 Å². The van der Waals surface area contributed by atoms with Crippen LogP contribution in [0.5, 0.6) is 11.5 Å². The van der Waals surface area contributed by atoms with E-state index in [0.29, 0.717) is 30.0 Å². The third-order valence-electron chi connectivity index (χ3n) is 5.31. The second-order valence-corrected chi connectivity index (χ2v) is 9.03. The Balaban J connectivity index is 1.51. The summed E-state index contributed by atoms with van der Waals surface area (Å²) < 4.78 is 38.3. The van der Waals surface area contributed by atoms with E-state index in [4.69, 9.17) is 9.47 Å². The van der Waals surface area contributed by atoms with Crippen molar-refractivity contribution in [3.63, 3.8) is 0 Å². The number of ether oxygens (including phenoxy) is 2. The molecule has 0 atom stereocenters. The van der Waals surface area contributed by atoms with E-state index in [-0.39, 0.29) is 23.8 Å². The molecule has 5 rings (SSSR count). The van der Waals surface area contributed by atoms with Gasteiger partial charge in [-0.15, -0.1) is 0 Å². The van der Waals surface area contributed by atoms with Crippen LogP contribution in [0.25, 0.3) is 10.9 Å². The van der Waals surface area contributed by atoms with Crippen molar-refractivity contribution < 1.29 is 17.9 Å². The normalized spacial score (nSPS) is 16.3. The molecule has 0 fully saturated rings. The quantitative estimate of drug-likeness (QED) is 0.716. The summed E-state index contributed by atoms with van der Waals surface area (Å²) in [6, 6.07) is 10.5. The minimum atomic E-state index is -3.67. The second kappa shape index (κ2) is 6.08. The van der Waals surface area contributed by atoms with Crippen molar-refractivity contribution in [2.24, 2.45) is 0 Å². The number of sulfonamides is 1. The number of fused-ring (bicyclic) bond motifs is 3. The first kappa shape index (κ1) is 17.3. The van der Waals surface area contributed by atoms with Crippen molar-refractivity contribution >= 4 is 20.9 Å². The first-order valence-corrected chi connectivity index (χ1v) is 10.4. The summed E-state index contributed by atoms with van der Waals surface area (Å²) in [5.41, 5.74) is 3.26. The Bertz CT molecular complexity index is 1280. The van der Waals surface area contributed by atoms with Gasteiger partial charge < -0.3 is 14.5 Å². The maximum Gasteiger partial charge on any atom is 0.251 e. The molecule has 2 aromatic carbocycles. The van der Waals surface area contributed by atoms with Crippen molar-refractivity contribution in [3.05, 3.63) is 63.4 Å². The van der Waals surface area contributed by atoms with Crippen molar-refractivity contribution in [2.45, 2.75) is 24.8 Å². The predicted molar refractivity (Wildman–Crippen MR) is 103 cm³/mol. The topological polar surface area (TPSA) is 88.7 Å². The lowest BCUT2D eigenvalue weighted by molar-refractivity contribution is 0.174. The van der Waals surface area contributed by atoms with Crippen LogP contribution in [0.3, 0.4) is 0 Å². The molecule has 2 aliphatic heterocycles. The van der Waals surface area contributed by atoms with Gasteiger partial charge >= 0.3 is 0 Å². The maximum atomic E-state index is 13.1. The molecule has 7 nitrogen and oxygen atoms in total. The number of H-pyrrole nitrogens is 1. The lowest BCUT2D eigenvalue weighted by Crippen LogP contribution is -2.36. The van der Waals surface area contributed by atoms with Crippen LogP contribution in [0.4, 0.5) is 0 Å². The Morgan fingerprint density at radius 3 is 2.71 bits per heavy atom. The fourth-order valence-electron chi connectivity index (χ4n) is 3.74. The van der Waals surface area contributed by atoms with Gasteiger partial charge in [-0.25, -0.2) is 8.42 Å². The standard InChI is InChI=1S/C20H18N2O5S/c1-12-6-14-7-13-4-5-22(10-15(13)8-17(14)21-20(12)23)28(24,25)16-2-3-18-19(9-16)27-11-26-18/h2-3,6-9H,4-5,10-11H2,1H3,(H,21,23). The second-order valence-electron chi connectivity index (χ2n) is 7.09. The van der Waals surface area contributed by atoms with Crippen LogP contribution in [-0.4, -0.2) is 31.0 Å². The van der Waals surface area contributed by atoms with Crippen LogP contribution in [-0.2, 0) is 23.0 Å². The zero-order valence-electron chi connectivity index (χ0n) is 15.2. The van der Waals surface area contributed by atoms with Gasteiger partial charge in [0.15, 0.2) is 11.5 Å². The molecule has 0 aliphatic carbocycles. The smallest absolute Gasteiger partial charge is 0.251 e. The van der Waals surface area contributed by atoms with Gasteiger partial charge in [-0.1, -0.05) is 0 Å². The molecule has 1 aromatic heterocycles. The summed E-state index contributed by atoms with van der Waals surface area (Å²) in [4.78, 5) is 15.0. The van der Waals surface area contributed by atoms with Gasteiger partial charge in [0.2, 0.25) is 16.8 Å². The molecule has 2 aliphatic rings. The number of benzene rings is 2. The predicted octanol–water partition coefficient (Wildman–Crippen LogP) is 2.31. The summed E-state index contributed by atoms with van der Waals surface area (Å²) in [7, 11) is -3.67. The summed E-state index contributed by atoms with van der Waals surface area (Å²) in [6.45, 7) is 2.54. The average molecular weight is 398 g/mol. The van der Waals surface area contributed by atoms with Gasteiger partial charge in [-0.05, 0) is 60.2 Å². The largest absolute Gasteiger partial charge is 0.454 e. The van der Waals surface area contributed by atoms with Gasteiger partial charge in [0.1, 0.15) is 0 Å². The molecule has 0 unspecified atom stereocenters. The highest BCUT2D eigenvalue weighted by Crippen LogP contribution is 2.35. The first-order chi connectivity index (χ1) is 13.4. The summed E-state index contributed by atoms with van der Waals surface area (Å²) in [5, 5.41) is 0.961. The fraction of sp³-hybridized carbons (Fsp3) is 0.250. The number of hydrogen-bond donors (Lipinski definition) is 1. The lowest BCUT2D eigenvalue weighted by Gasteiger charge is -2.28. The van der Waals surface area contributed by atoms with Crippen LogP contribution in [0.2, 0.25) is 0 Å². The summed E-state index contributed by atoms with van der Waals surface area (Å²) in [5.74, 6) is 0.992. The molecule has 28 heavy (non-hydrogen) atoms. The number of pyridine rings is 1. The molecular formula is C20H18N2O5S. The van der Waals surface area contributed by atoms with E-state index in [1.165, 1.54) is 10.4 Å². The molecule has 0 saturated heterocycles. The zero-order chi connectivity index (χ0) is 19.5. The van der Waals surface area contributed by atoms with Crippen molar-refractivity contribution in [1.82, 2.24) is 9.29 Å². The molecule has 8 heteroatoms. The van der Waals surface area contributed by atoms with Gasteiger partial charge in [0, 0.05) is 30.2 Å². The van der Waals surface area contributed by atoms with E-state index in [2.05, 4.69) is 4.98 Å². The number of nitrogens with zero attached hydrogens (tertiary/aromatic N) is 1. The van der Waals surface area contributed by atoms with E-state index in [1.807, 2.05) is 18.2 Å². The number of nitrogens with one attached hydrogen (secondary N) is 1. The number of rotatable bonds is 2. The van der Waals surface area contributed by atoms with Gasteiger partial charge in [-0.3, -0.25) is 4.79 Å². The van der Waals surface area contributed by atoms with E-state index in [9.17, 15) is 13.2 Å². The number of hydrogen-bond acceptors (Lipinski definition) is 5. The molecule has 3 heterocycles. The molecule has 0 saturated carbocycles. The van der Waals surface area contributed by atoms with Crippen LogP contribution >= 0.6 is 0 Å². The van der Waals surface area contributed by atoms with Gasteiger partial charge in [0.05, 0.1) is 4.90 Å². The monoisotopic (exact) mass is 398 g/mol. The van der Waals surface area contributed by atoms with Gasteiger partial charge in [-0.2, -0.15) is 4.31 Å². The highest BCUT2D eigenvalue weighted by molar-refractivity contribution is 7.89. The molecule has 144 valence electrons. The fourth-order valence-corrected chi connectivity index (χ4v) is 5.18. The third kappa shape index (κ3) is 2.68. The zero-order valence-corrected chi connectivity index (χ0v) is 16.0. The summed E-state index contributed by atoms with van der Waals surface area (Å²) >= 11 is 0. The van der Waals surface area contributed by atoms with E-state index >= 15 is 0 Å². The highest BCUT2D eigenvalue weighted by atomic mass is 32.2.